The Morgan fingerprint density at radius 2 is 1.83 bits per heavy atom. The van der Waals surface area contributed by atoms with Crippen LogP contribution in [0.2, 0.25) is 0 Å². The Hall–Kier alpha value is -2.74. The molecule has 1 fully saturated rings. The largest absolute Gasteiger partial charge is 0.349 e. The number of nitrogens with zero attached hydrogens (tertiary/aromatic N) is 1. The van der Waals surface area contributed by atoms with Crippen molar-refractivity contribution in [1.29, 1.82) is 0 Å². The number of anilines is 1. The van der Waals surface area contributed by atoms with Crippen molar-refractivity contribution in [2.75, 3.05) is 5.32 Å². The fourth-order valence-electron chi connectivity index (χ4n) is 1.99. The Balaban J connectivity index is 1.71. The fourth-order valence-corrected chi connectivity index (χ4v) is 2.77. The molecule has 1 aromatic heterocycles. The third kappa shape index (κ3) is 3.54. The van der Waals surface area contributed by atoms with Gasteiger partial charge in [-0.05, 0) is 36.4 Å². The zero-order valence-corrected chi connectivity index (χ0v) is 12.8. The van der Waals surface area contributed by atoms with Crippen molar-refractivity contribution in [3.8, 4) is 0 Å². The summed E-state index contributed by atoms with van der Waals surface area (Å²) < 4.78 is 0. The lowest BCUT2D eigenvalue weighted by Gasteiger charge is -2.07. The van der Waals surface area contributed by atoms with Crippen LogP contribution in [0.3, 0.4) is 0 Å². The molecular formula is C15H13N3O4S. The molecule has 0 bridgehead atoms. The Bertz CT molecular complexity index is 765. The van der Waals surface area contributed by atoms with Gasteiger partial charge in [-0.3, -0.25) is 19.7 Å². The quantitative estimate of drug-likeness (QED) is 0.649. The van der Waals surface area contributed by atoms with Gasteiger partial charge in [0, 0.05) is 23.7 Å². The van der Waals surface area contributed by atoms with Crippen LogP contribution in [0.4, 0.5) is 10.7 Å². The van der Waals surface area contributed by atoms with E-state index in [4.69, 9.17) is 0 Å². The summed E-state index contributed by atoms with van der Waals surface area (Å²) in [6.07, 6.45) is 1.97. The van der Waals surface area contributed by atoms with Gasteiger partial charge in [-0.2, -0.15) is 0 Å². The second kappa shape index (κ2) is 6.17. The number of nitro groups is 1. The average Bonchev–Trinajstić information content (AvgIpc) is 3.22. The van der Waals surface area contributed by atoms with Crippen molar-refractivity contribution in [2.24, 2.45) is 0 Å². The van der Waals surface area contributed by atoms with Crippen molar-refractivity contribution >= 4 is 33.8 Å². The Morgan fingerprint density at radius 1 is 1.13 bits per heavy atom. The number of rotatable bonds is 5. The number of thiophene rings is 1. The molecular weight excluding hydrogens is 318 g/mol. The standard InChI is InChI=1S/C15H13N3O4S/c19-13(9-1-5-11(6-2-9)18(21)22)17-15-12(7-8-23-15)14(20)16-10-3-4-10/h1-2,5-8,10H,3-4H2,(H,16,20)(H,17,19). The van der Waals surface area contributed by atoms with Crippen LogP contribution in [0, 0.1) is 10.1 Å². The fraction of sp³-hybridized carbons (Fsp3) is 0.200. The van der Waals surface area contributed by atoms with E-state index in [0.717, 1.165) is 12.8 Å². The van der Waals surface area contributed by atoms with Crippen LogP contribution in [0.5, 0.6) is 0 Å². The van der Waals surface area contributed by atoms with E-state index in [0.29, 0.717) is 10.6 Å². The van der Waals surface area contributed by atoms with E-state index in [-0.39, 0.29) is 23.2 Å². The van der Waals surface area contributed by atoms with E-state index < -0.39 is 10.8 Å². The maximum absolute atomic E-state index is 12.2. The van der Waals surface area contributed by atoms with E-state index in [1.807, 2.05) is 0 Å². The summed E-state index contributed by atoms with van der Waals surface area (Å²) in [5.41, 5.74) is 0.636. The SMILES string of the molecule is O=C(Nc1sccc1C(=O)NC1CC1)c1ccc([N+](=O)[O-])cc1. The number of hydrogen-bond acceptors (Lipinski definition) is 5. The summed E-state index contributed by atoms with van der Waals surface area (Å²) in [4.78, 5) is 34.4. The summed E-state index contributed by atoms with van der Waals surface area (Å²) >= 11 is 1.26. The molecule has 0 atom stereocenters. The summed E-state index contributed by atoms with van der Waals surface area (Å²) in [5, 5.41) is 18.4. The van der Waals surface area contributed by atoms with E-state index in [1.54, 1.807) is 11.4 Å². The molecule has 0 radical (unpaired) electrons. The molecule has 118 valence electrons. The molecule has 1 saturated carbocycles. The molecule has 0 spiro atoms. The van der Waals surface area contributed by atoms with Crippen LogP contribution in [-0.4, -0.2) is 22.8 Å². The first kappa shape index (κ1) is 15.2. The minimum absolute atomic E-state index is 0.0813. The predicted molar refractivity (Wildman–Crippen MR) is 85.9 cm³/mol. The first-order valence-electron chi connectivity index (χ1n) is 6.99. The normalized spacial score (nSPS) is 13.4. The highest BCUT2D eigenvalue weighted by atomic mass is 32.1. The molecule has 23 heavy (non-hydrogen) atoms. The number of benzene rings is 1. The van der Waals surface area contributed by atoms with Crippen LogP contribution in [0.15, 0.2) is 35.7 Å². The number of carbonyl (C=O) groups excluding carboxylic acids is 2. The van der Waals surface area contributed by atoms with Crippen LogP contribution in [-0.2, 0) is 0 Å². The molecule has 3 rings (SSSR count). The zero-order valence-electron chi connectivity index (χ0n) is 11.9. The average molecular weight is 331 g/mol. The Kier molecular flexibility index (Phi) is 4.07. The van der Waals surface area contributed by atoms with Crippen LogP contribution in [0.1, 0.15) is 33.6 Å². The molecule has 2 amide bonds. The van der Waals surface area contributed by atoms with Crippen LogP contribution in [0.25, 0.3) is 0 Å². The van der Waals surface area contributed by atoms with Gasteiger partial charge in [0.15, 0.2) is 0 Å². The first-order chi connectivity index (χ1) is 11.0. The van der Waals surface area contributed by atoms with Crippen molar-refractivity contribution in [3.63, 3.8) is 0 Å². The predicted octanol–water partition coefficient (Wildman–Crippen LogP) is 2.80. The lowest BCUT2D eigenvalue weighted by Crippen LogP contribution is -2.26. The molecule has 2 aromatic rings. The van der Waals surface area contributed by atoms with Crippen molar-refractivity contribution in [3.05, 3.63) is 57.0 Å². The summed E-state index contributed by atoms with van der Waals surface area (Å²) in [5.74, 6) is -0.615. The van der Waals surface area contributed by atoms with Crippen molar-refractivity contribution < 1.29 is 14.5 Å². The third-order valence-corrected chi connectivity index (χ3v) is 4.22. The van der Waals surface area contributed by atoms with Gasteiger partial charge in [-0.1, -0.05) is 0 Å². The molecule has 1 aromatic carbocycles. The maximum atomic E-state index is 12.2. The second-order valence-electron chi connectivity index (χ2n) is 5.17. The highest BCUT2D eigenvalue weighted by Crippen LogP contribution is 2.26. The number of amides is 2. The number of hydrogen-bond donors (Lipinski definition) is 2. The molecule has 0 saturated heterocycles. The molecule has 1 aliphatic rings. The van der Waals surface area contributed by atoms with Gasteiger partial charge >= 0.3 is 0 Å². The Morgan fingerprint density at radius 3 is 2.43 bits per heavy atom. The number of nitrogens with one attached hydrogen (secondary N) is 2. The van der Waals surface area contributed by atoms with Crippen molar-refractivity contribution in [2.45, 2.75) is 18.9 Å². The van der Waals surface area contributed by atoms with Gasteiger partial charge in [-0.25, -0.2) is 0 Å². The Labute approximate surface area is 135 Å². The maximum Gasteiger partial charge on any atom is 0.269 e. The topological polar surface area (TPSA) is 101 Å². The molecule has 0 aliphatic heterocycles. The van der Waals surface area contributed by atoms with Gasteiger partial charge in [0.25, 0.3) is 17.5 Å². The highest BCUT2D eigenvalue weighted by molar-refractivity contribution is 7.14. The number of nitro benzene ring substituents is 1. The van der Waals surface area contributed by atoms with Gasteiger partial charge in [0.2, 0.25) is 0 Å². The minimum Gasteiger partial charge on any atom is -0.349 e. The van der Waals surface area contributed by atoms with Gasteiger partial charge in [-0.15, -0.1) is 11.3 Å². The van der Waals surface area contributed by atoms with Gasteiger partial charge in [0.05, 0.1) is 10.5 Å². The van der Waals surface area contributed by atoms with E-state index in [1.165, 1.54) is 35.6 Å². The molecule has 1 heterocycles. The number of non-ortho nitro benzene ring substituents is 1. The second-order valence-corrected chi connectivity index (χ2v) is 6.09. The molecule has 2 N–H and O–H groups in total. The molecule has 8 heteroatoms. The molecule has 0 unspecified atom stereocenters. The minimum atomic E-state index is -0.527. The van der Waals surface area contributed by atoms with E-state index >= 15 is 0 Å². The van der Waals surface area contributed by atoms with Crippen LogP contribution >= 0.6 is 11.3 Å². The first-order valence-corrected chi connectivity index (χ1v) is 7.87. The third-order valence-electron chi connectivity index (χ3n) is 3.39. The van der Waals surface area contributed by atoms with Crippen LogP contribution < -0.4 is 10.6 Å². The van der Waals surface area contributed by atoms with Gasteiger partial charge < -0.3 is 10.6 Å². The summed E-state index contributed by atoms with van der Waals surface area (Å²) in [7, 11) is 0. The lowest BCUT2D eigenvalue weighted by molar-refractivity contribution is -0.384. The van der Waals surface area contributed by atoms with Crippen molar-refractivity contribution in [1.82, 2.24) is 5.32 Å². The highest BCUT2D eigenvalue weighted by Gasteiger charge is 2.25. The van der Waals surface area contributed by atoms with E-state index in [2.05, 4.69) is 10.6 Å². The number of carbonyl (C=O) groups is 2. The smallest absolute Gasteiger partial charge is 0.269 e. The molecule has 1 aliphatic carbocycles. The summed E-state index contributed by atoms with van der Waals surface area (Å²) in [6.45, 7) is 0. The summed E-state index contributed by atoms with van der Waals surface area (Å²) in [6, 6.07) is 7.19. The molecule has 7 nitrogen and oxygen atoms in total. The monoisotopic (exact) mass is 331 g/mol. The lowest BCUT2D eigenvalue weighted by atomic mass is 10.2. The van der Waals surface area contributed by atoms with E-state index in [9.17, 15) is 19.7 Å². The van der Waals surface area contributed by atoms with Gasteiger partial charge in [0.1, 0.15) is 5.00 Å². The zero-order chi connectivity index (χ0) is 16.4.